The summed E-state index contributed by atoms with van der Waals surface area (Å²) >= 11 is 1.56. The van der Waals surface area contributed by atoms with Gasteiger partial charge in [0.05, 0.1) is 17.3 Å². The molecule has 0 fully saturated rings. The van der Waals surface area contributed by atoms with Crippen LogP contribution < -0.4 is 10.4 Å². The van der Waals surface area contributed by atoms with Gasteiger partial charge in [-0.1, -0.05) is 12.1 Å². The molecule has 0 radical (unpaired) electrons. The Hall–Kier alpha value is -2.66. The molecule has 4 rings (SSSR count). The lowest BCUT2D eigenvalue weighted by molar-refractivity contribution is 0.414. The van der Waals surface area contributed by atoms with Crippen molar-refractivity contribution >= 4 is 32.5 Å². The fourth-order valence-electron chi connectivity index (χ4n) is 2.43. The van der Waals surface area contributed by atoms with Gasteiger partial charge in [0.1, 0.15) is 16.3 Å². The average molecular weight is 309 g/mol. The SMILES string of the molecule is COc1ccc2c(-c3nc4ccccc4s3)cc(=O)oc2c1. The highest BCUT2D eigenvalue weighted by molar-refractivity contribution is 7.21. The number of benzene rings is 2. The van der Waals surface area contributed by atoms with E-state index in [1.165, 1.54) is 6.07 Å². The van der Waals surface area contributed by atoms with E-state index in [4.69, 9.17) is 9.15 Å². The second kappa shape index (κ2) is 4.96. The number of methoxy groups -OCH3 is 1. The predicted octanol–water partition coefficient (Wildman–Crippen LogP) is 4.08. The van der Waals surface area contributed by atoms with Crippen LogP contribution >= 0.6 is 11.3 Å². The molecule has 2 aromatic heterocycles. The number of hydrogen-bond donors (Lipinski definition) is 0. The molecule has 4 aromatic rings. The van der Waals surface area contributed by atoms with Crippen LogP contribution in [0.25, 0.3) is 31.8 Å². The standard InChI is InChI=1S/C17H11NO3S/c1-20-10-6-7-11-12(9-16(19)21-14(11)8-10)17-18-13-4-2-3-5-15(13)22-17/h2-9H,1H3. The first-order chi connectivity index (χ1) is 10.7. The summed E-state index contributed by atoms with van der Waals surface area (Å²) in [5.41, 5.74) is 1.82. The zero-order valence-electron chi connectivity index (χ0n) is 11.7. The third kappa shape index (κ3) is 2.07. The molecular weight excluding hydrogens is 298 g/mol. The summed E-state index contributed by atoms with van der Waals surface area (Å²) in [5.74, 6) is 0.650. The quantitative estimate of drug-likeness (QED) is 0.524. The van der Waals surface area contributed by atoms with E-state index in [9.17, 15) is 4.79 Å². The van der Waals surface area contributed by atoms with Crippen molar-refractivity contribution in [2.24, 2.45) is 0 Å². The Balaban J connectivity index is 2.02. The van der Waals surface area contributed by atoms with Crippen LogP contribution in [0.2, 0.25) is 0 Å². The highest BCUT2D eigenvalue weighted by Crippen LogP contribution is 2.34. The zero-order chi connectivity index (χ0) is 15.1. The van der Waals surface area contributed by atoms with E-state index in [-0.39, 0.29) is 0 Å². The lowest BCUT2D eigenvalue weighted by Crippen LogP contribution is -1.98. The lowest BCUT2D eigenvalue weighted by Gasteiger charge is -2.04. The fourth-order valence-corrected chi connectivity index (χ4v) is 3.43. The van der Waals surface area contributed by atoms with Crippen LogP contribution in [0.3, 0.4) is 0 Å². The molecule has 0 atom stereocenters. The number of hydrogen-bond acceptors (Lipinski definition) is 5. The number of fused-ring (bicyclic) bond motifs is 2. The summed E-state index contributed by atoms with van der Waals surface area (Å²) in [6, 6.07) is 14.9. The molecule has 2 heterocycles. The van der Waals surface area contributed by atoms with Crippen molar-refractivity contribution in [2.45, 2.75) is 0 Å². The Labute approximate surface area is 129 Å². The van der Waals surface area contributed by atoms with Gasteiger partial charge in [0.25, 0.3) is 0 Å². The van der Waals surface area contributed by atoms with Crippen LogP contribution in [0.15, 0.2) is 57.7 Å². The van der Waals surface area contributed by atoms with Gasteiger partial charge in [-0.05, 0) is 24.3 Å². The number of nitrogens with zero attached hydrogens (tertiary/aromatic N) is 1. The summed E-state index contributed by atoms with van der Waals surface area (Å²) in [6.45, 7) is 0. The highest BCUT2D eigenvalue weighted by atomic mass is 32.1. The molecule has 22 heavy (non-hydrogen) atoms. The minimum absolute atomic E-state index is 0.394. The number of ether oxygens (including phenoxy) is 1. The molecule has 0 aliphatic heterocycles. The highest BCUT2D eigenvalue weighted by Gasteiger charge is 2.12. The van der Waals surface area contributed by atoms with Gasteiger partial charge >= 0.3 is 5.63 Å². The van der Waals surface area contributed by atoms with E-state index in [1.54, 1.807) is 24.5 Å². The predicted molar refractivity (Wildman–Crippen MR) is 87.7 cm³/mol. The van der Waals surface area contributed by atoms with Gasteiger partial charge in [-0.3, -0.25) is 0 Å². The first-order valence-corrected chi connectivity index (χ1v) is 7.54. The van der Waals surface area contributed by atoms with Crippen molar-refractivity contribution in [3.05, 3.63) is 59.0 Å². The van der Waals surface area contributed by atoms with E-state index in [1.807, 2.05) is 36.4 Å². The van der Waals surface area contributed by atoms with Crippen LogP contribution in [-0.2, 0) is 0 Å². The van der Waals surface area contributed by atoms with Crippen molar-refractivity contribution in [3.8, 4) is 16.3 Å². The topological polar surface area (TPSA) is 52.3 Å². The first-order valence-electron chi connectivity index (χ1n) is 6.72. The molecule has 0 N–H and O–H groups in total. The molecule has 2 aromatic carbocycles. The molecule has 0 bridgehead atoms. The molecule has 0 saturated heterocycles. The molecule has 0 aliphatic carbocycles. The van der Waals surface area contributed by atoms with Crippen molar-refractivity contribution < 1.29 is 9.15 Å². The molecule has 108 valence electrons. The van der Waals surface area contributed by atoms with Gasteiger partial charge < -0.3 is 9.15 Å². The third-order valence-corrected chi connectivity index (χ3v) is 4.55. The van der Waals surface area contributed by atoms with Crippen molar-refractivity contribution in [2.75, 3.05) is 7.11 Å². The number of rotatable bonds is 2. The molecule has 4 nitrogen and oxygen atoms in total. The molecule has 0 aliphatic rings. The lowest BCUT2D eigenvalue weighted by atomic mass is 10.1. The normalized spacial score (nSPS) is 11.1. The maximum atomic E-state index is 11.9. The Morgan fingerprint density at radius 3 is 2.82 bits per heavy atom. The maximum Gasteiger partial charge on any atom is 0.336 e. The van der Waals surface area contributed by atoms with Gasteiger partial charge in [0.15, 0.2) is 0 Å². The van der Waals surface area contributed by atoms with Crippen molar-refractivity contribution in [1.82, 2.24) is 4.98 Å². The second-order valence-electron chi connectivity index (χ2n) is 4.83. The van der Waals surface area contributed by atoms with Gasteiger partial charge in [-0.2, -0.15) is 0 Å². The monoisotopic (exact) mass is 309 g/mol. The van der Waals surface area contributed by atoms with E-state index in [2.05, 4.69) is 4.98 Å². The van der Waals surface area contributed by atoms with Crippen LogP contribution in [-0.4, -0.2) is 12.1 Å². The third-order valence-electron chi connectivity index (χ3n) is 3.48. The van der Waals surface area contributed by atoms with Crippen LogP contribution in [0.1, 0.15) is 0 Å². The molecular formula is C17H11NO3S. The summed E-state index contributed by atoms with van der Waals surface area (Å²) in [6.07, 6.45) is 0. The van der Waals surface area contributed by atoms with Crippen LogP contribution in [0.5, 0.6) is 5.75 Å². The number of thiazole rings is 1. The molecule has 0 spiro atoms. The molecule has 0 saturated carbocycles. The van der Waals surface area contributed by atoms with Crippen LogP contribution in [0.4, 0.5) is 0 Å². The smallest absolute Gasteiger partial charge is 0.336 e. The Bertz CT molecular complexity index is 1020. The van der Waals surface area contributed by atoms with Crippen molar-refractivity contribution in [3.63, 3.8) is 0 Å². The summed E-state index contributed by atoms with van der Waals surface area (Å²) in [4.78, 5) is 16.5. The van der Waals surface area contributed by atoms with E-state index < -0.39 is 5.63 Å². The van der Waals surface area contributed by atoms with Gasteiger partial charge in [-0.25, -0.2) is 9.78 Å². The average Bonchev–Trinajstić information content (AvgIpc) is 2.97. The minimum atomic E-state index is -0.394. The minimum Gasteiger partial charge on any atom is -0.497 e. The van der Waals surface area contributed by atoms with Gasteiger partial charge in [-0.15, -0.1) is 11.3 Å². The van der Waals surface area contributed by atoms with Crippen LogP contribution in [0, 0.1) is 0 Å². The van der Waals surface area contributed by atoms with Crippen molar-refractivity contribution in [1.29, 1.82) is 0 Å². The Morgan fingerprint density at radius 2 is 2.00 bits per heavy atom. The number of aromatic nitrogens is 1. The molecule has 0 unspecified atom stereocenters. The summed E-state index contributed by atoms with van der Waals surface area (Å²) in [5, 5.41) is 1.66. The van der Waals surface area contributed by atoms with E-state index in [0.717, 1.165) is 26.2 Å². The van der Waals surface area contributed by atoms with Gasteiger partial charge in [0, 0.05) is 23.1 Å². The fraction of sp³-hybridized carbons (Fsp3) is 0.0588. The van der Waals surface area contributed by atoms with E-state index >= 15 is 0 Å². The Morgan fingerprint density at radius 1 is 1.14 bits per heavy atom. The maximum absolute atomic E-state index is 11.9. The largest absolute Gasteiger partial charge is 0.497 e. The van der Waals surface area contributed by atoms with Gasteiger partial charge in [0.2, 0.25) is 0 Å². The Kier molecular flexibility index (Phi) is 2.94. The molecule has 0 amide bonds. The zero-order valence-corrected chi connectivity index (χ0v) is 12.5. The van der Waals surface area contributed by atoms with E-state index in [0.29, 0.717) is 11.3 Å². The number of para-hydroxylation sites is 1. The summed E-state index contributed by atoms with van der Waals surface area (Å²) in [7, 11) is 1.58. The first kappa shape index (κ1) is 13.0. The second-order valence-corrected chi connectivity index (χ2v) is 5.86. The molecule has 5 heteroatoms. The summed E-state index contributed by atoms with van der Waals surface area (Å²) < 4.78 is 11.6.